The highest BCUT2D eigenvalue weighted by molar-refractivity contribution is 5.34. The average Bonchev–Trinajstić information content (AvgIpc) is 2.35. The lowest BCUT2D eigenvalue weighted by Gasteiger charge is -2.09. The van der Waals surface area contributed by atoms with E-state index in [1.54, 1.807) is 22.9 Å². The first-order valence-corrected chi connectivity index (χ1v) is 5.50. The molecule has 0 radical (unpaired) electrons. The summed E-state index contributed by atoms with van der Waals surface area (Å²) in [7, 11) is 1.83. The Bertz CT molecular complexity index is 558. The van der Waals surface area contributed by atoms with Gasteiger partial charge in [-0.15, -0.1) is 0 Å². The molecule has 2 heterocycles. The summed E-state index contributed by atoms with van der Waals surface area (Å²) in [6.07, 6.45) is 1.78. The number of nitrogens with one attached hydrogen (secondary N) is 1. The Hall–Kier alpha value is -2.10. The molecule has 0 unspecified atom stereocenters. The van der Waals surface area contributed by atoms with Gasteiger partial charge in [0.15, 0.2) is 0 Å². The van der Waals surface area contributed by atoms with Crippen LogP contribution in [0.1, 0.15) is 11.3 Å². The van der Waals surface area contributed by atoms with E-state index >= 15 is 0 Å². The molecule has 0 aliphatic heterocycles. The van der Waals surface area contributed by atoms with Crippen molar-refractivity contribution in [1.29, 1.82) is 0 Å². The second-order valence-electron chi connectivity index (χ2n) is 3.89. The number of aryl methyl sites for hydroxylation is 1. The van der Waals surface area contributed by atoms with E-state index in [9.17, 15) is 4.79 Å². The number of hydrogen-bond acceptors (Lipinski definition) is 3. The second-order valence-corrected chi connectivity index (χ2v) is 3.89. The van der Waals surface area contributed by atoms with Gasteiger partial charge >= 0.3 is 0 Å². The van der Waals surface area contributed by atoms with Crippen LogP contribution in [-0.4, -0.2) is 16.6 Å². The zero-order valence-electron chi connectivity index (χ0n) is 9.97. The van der Waals surface area contributed by atoms with Crippen LogP contribution in [0, 0.1) is 6.92 Å². The fraction of sp³-hybridized carbons (Fsp3) is 0.231. The summed E-state index contributed by atoms with van der Waals surface area (Å²) in [5, 5.41) is 2.96. The first kappa shape index (κ1) is 11.4. The molecule has 2 aromatic heterocycles. The Morgan fingerprint density at radius 3 is 2.71 bits per heavy atom. The molecular formula is C13H15N3O. The minimum Gasteiger partial charge on any atom is -0.373 e. The van der Waals surface area contributed by atoms with Gasteiger partial charge in [0.1, 0.15) is 5.82 Å². The lowest BCUT2D eigenvalue weighted by molar-refractivity contribution is 0.727. The summed E-state index contributed by atoms with van der Waals surface area (Å²) in [6.45, 7) is 2.49. The number of rotatable bonds is 3. The van der Waals surface area contributed by atoms with Gasteiger partial charge in [0.05, 0.1) is 6.54 Å². The zero-order chi connectivity index (χ0) is 12.3. The Labute approximate surface area is 99.9 Å². The van der Waals surface area contributed by atoms with Gasteiger partial charge in [0.25, 0.3) is 5.56 Å². The van der Waals surface area contributed by atoms with E-state index in [-0.39, 0.29) is 5.56 Å². The van der Waals surface area contributed by atoms with Crippen molar-refractivity contribution in [2.24, 2.45) is 0 Å². The van der Waals surface area contributed by atoms with Crippen molar-refractivity contribution in [2.75, 3.05) is 12.4 Å². The standard InChI is InChI=1S/C13H15N3O/c1-10-4-3-5-13(17)16(10)9-11-6-7-12(14-2)15-8-11/h3-8H,9H2,1-2H3,(H,14,15). The first-order chi connectivity index (χ1) is 8.20. The lowest BCUT2D eigenvalue weighted by Crippen LogP contribution is -2.21. The molecule has 0 atom stereocenters. The SMILES string of the molecule is CNc1ccc(Cn2c(C)cccc2=O)cn1. The van der Waals surface area contributed by atoms with Gasteiger partial charge in [0.2, 0.25) is 0 Å². The Morgan fingerprint density at radius 1 is 1.29 bits per heavy atom. The molecule has 0 aromatic carbocycles. The maximum Gasteiger partial charge on any atom is 0.251 e. The molecule has 0 aliphatic carbocycles. The van der Waals surface area contributed by atoms with E-state index in [0.29, 0.717) is 6.54 Å². The largest absolute Gasteiger partial charge is 0.373 e. The van der Waals surface area contributed by atoms with E-state index in [0.717, 1.165) is 17.1 Å². The van der Waals surface area contributed by atoms with Gasteiger partial charge in [-0.1, -0.05) is 12.1 Å². The topological polar surface area (TPSA) is 46.9 Å². The predicted octanol–water partition coefficient (Wildman–Crippen LogP) is 1.64. The average molecular weight is 229 g/mol. The summed E-state index contributed by atoms with van der Waals surface area (Å²) in [5.74, 6) is 0.825. The van der Waals surface area contributed by atoms with E-state index in [1.165, 1.54) is 0 Å². The van der Waals surface area contributed by atoms with E-state index < -0.39 is 0 Å². The summed E-state index contributed by atoms with van der Waals surface area (Å²) < 4.78 is 1.73. The highest BCUT2D eigenvalue weighted by Crippen LogP contribution is 2.06. The molecule has 17 heavy (non-hydrogen) atoms. The molecular weight excluding hydrogens is 214 g/mol. The number of anilines is 1. The van der Waals surface area contributed by atoms with Crippen LogP contribution in [0.3, 0.4) is 0 Å². The molecule has 0 saturated heterocycles. The zero-order valence-corrected chi connectivity index (χ0v) is 9.97. The Morgan fingerprint density at radius 2 is 2.12 bits per heavy atom. The van der Waals surface area contributed by atoms with Gasteiger partial charge < -0.3 is 9.88 Å². The van der Waals surface area contributed by atoms with Crippen molar-refractivity contribution >= 4 is 5.82 Å². The highest BCUT2D eigenvalue weighted by Gasteiger charge is 2.01. The van der Waals surface area contributed by atoms with Crippen LogP contribution in [0.4, 0.5) is 5.82 Å². The van der Waals surface area contributed by atoms with Crippen molar-refractivity contribution in [1.82, 2.24) is 9.55 Å². The van der Waals surface area contributed by atoms with E-state index in [4.69, 9.17) is 0 Å². The second kappa shape index (κ2) is 4.82. The van der Waals surface area contributed by atoms with Crippen LogP contribution in [0.15, 0.2) is 41.3 Å². The molecule has 4 heteroatoms. The minimum absolute atomic E-state index is 0.0164. The molecule has 2 aromatic rings. The lowest BCUT2D eigenvalue weighted by atomic mass is 10.2. The summed E-state index contributed by atoms with van der Waals surface area (Å²) in [6, 6.07) is 9.14. The maximum atomic E-state index is 11.7. The third-order valence-corrected chi connectivity index (χ3v) is 2.69. The Balaban J connectivity index is 2.28. The first-order valence-electron chi connectivity index (χ1n) is 5.50. The van der Waals surface area contributed by atoms with Gasteiger partial charge in [-0.2, -0.15) is 0 Å². The van der Waals surface area contributed by atoms with Crippen LogP contribution in [-0.2, 0) is 6.54 Å². The maximum absolute atomic E-state index is 11.7. The van der Waals surface area contributed by atoms with Crippen molar-refractivity contribution in [3.63, 3.8) is 0 Å². The van der Waals surface area contributed by atoms with E-state index in [2.05, 4.69) is 10.3 Å². The van der Waals surface area contributed by atoms with E-state index in [1.807, 2.05) is 32.2 Å². The highest BCUT2D eigenvalue weighted by atomic mass is 16.1. The summed E-state index contributed by atoms with van der Waals surface area (Å²) in [4.78, 5) is 15.9. The number of aromatic nitrogens is 2. The van der Waals surface area contributed by atoms with Crippen molar-refractivity contribution < 1.29 is 0 Å². The fourth-order valence-electron chi connectivity index (χ4n) is 1.67. The molecule has 0 amide bonds. The molecule has 4 nitrogen and oxygen atoms in total. The number of nitrogens with zero attached hydrogens (tertiary/aromatic N) is 2. The Kier molecular flexibility index (Phi) is 3.23. The summed E-state index contributed by atoms with van der Waals surface area (Å²) >= 11 is 0. The van der Waals surface area contributed by atoms with Crippen molar-refractivity contribution in [3.05, 3.63) is 58.1 Å². The normalized spacial score (nSPS) is 10.2. The van der Waals surface area contributed by atoms with Crippen LogP contribution in [0.5, 0.6) is 0 Å². The fourth-order valence-corrected chi connectivity index (χ4v) is 1.67. The molecule has 2 rings (SSSR count). The molecule has 0 fully saturated rings. The van der Waals surface area contributed by atoms with Gasteiger partial charge in [-0.3, -0.25) is 4.79 Å². The van der Waals surface area contributed by atoms with Gasteiger partial charge in [-0.25, -0.2) is 4.98 Å². The third-order valence-electron chi connectivity index (χ3n) is 2.69. The van der Waals surface area contributed by atoms with Crippen LogP contribution >= 0.6 is 0 Å². The van der Waals surface area contributed by atoms with Gasteiger partial charge in [-0.05, 0) is 24.6 Å². The molecule has 0 saturated carbocycles. The summed E-state index contributed by atoms with van der Waals surface area (Å²) in [5.41, 5.74) is 1.98. The van der Waals surface area contributed by atoms with Crippen molar-refractivity contribution in [2.45, 2.75) is 13.5 Å². The molecule has 1 N–H and O–H groups in total. The van der Waals surface area contributed by atoms with Crippen LogP contribution < -0.4 is 10.9 Å². The smallest absolute Gasteiger partial charge is 0.251 e. The quantitative estimate of drug-likeness (QED) is 0.870. The number of hydrogen-bond donors (Lipinski definition) is 1. The molecule has 0 aliphatic rings. The predicted molar refractivity (Wildman–Crippen MR) is 68.3 cm³/mol. The molecule has 88 valence electrons. The van der Waals surface area contributed by atoms with Crippen LogP contribution in [0.25, 0.3) is 0 Å². The number of pyridine rings is 2. The van der Waals surface area contributed by atoms with Crippen LogP contribution in [0.2, 0.25) is 0 Å². The minimum atomic E-state index is 0.0164. The van der Waals surface area contributed by atoms with Crippen molar-refractivity contribution in [3.8, 4) is 0 Å². The third kappa shape index (κ3) is 2.53. The monoisotopic (exact) mass is 229 g/mol. The molecule has 0 spiro atoms. The van der Waals surface area contributed by atoms with Gasteiger partial charge in [0, 0.05) is 25.0 Å². The molecule has 0 bridgehead atoms.